The molecule has 1 saturated carbocycles. The molecule has 2 rings (SSSR count). The van der Waals surface area contributed by atoms with Crippen molar-refractivity contribution >= 4 is 23.5 Å². The third-order valence-corrected chi connectivity index (χ3v) is 4.68. The van der Waals surface area contributed by atoms with Gasteiger partial charge in [-0.3, -0.25) is 9.59 Å². The highest BCUT2D eigenvalue weighted by Crippen LogP contribution is 2.36. The van der Waals surface area contributed by atoms with Crippen molar-refractivity contribution in [1.29, 1.82) is 0 Å². The van der Waals surface area contributed by atoms with Gasteiger partial charge in [-0.25, -0.2) is 0 Å². The largest absolute Gasteiger partial charge is 0.481 e. The molecule has 116 valence electrons. The summed E-state index contributed by atoms with van der Waals surface area (Å²) in [5.74, 6) is -1.03. The first-order valence-corrected chi connectivity index (χ1v) is 7.55. The maximum Gasteiger partial charge on any atom is 0.305 e. The highest BCUT2D eigenvalue weighted by Gasteiger charge is 2.41. The van der Waals surface area contributed by atoms with Gasteiger partial charge in [0, 0.05) is 20.3 Å². The number of carbonyl (C=O) groups is 2. The van der Waals surface area contributed by atoms with Crippen molar-refractivity contribution in [2.24, 2.45) is 7.05 Å². The molecule has 6 heteroatoms. The minimum absolute atomic E-state index is 0.00655. The van der Waals surface area contributed by atoms with Gasteiger partial charge in [-0.2, -0.15) is 0 Å². The molecule has 0 aromatic carbocycles. The van der Waals surface area contributed by atoms with Crippen molar-refractivity contribution in [3.8, 4) is 0 Å². The van der Waals surface area contributed by atoms with Crippen molar-refractivity contribution in [3.63, 3.8) is 0 Å². The molecule has 1 aromatic rings. The summed E-state index contributed by atoms with van der Waals surface area (Å²) in [5.41, 5.74) is -0.101. The Hall–Kier alpha value is -1.49. The molecule has 0 aliphatic heterocycles. The zero-order valence-corrected chi connectivity index (χ0v) is 13.2. The van der Waals surface area contributed by atoms with Gasteiger partial charge in [-0.15, -0.1) is 0 Å². The number of hydrogen-bond acceptors (Lipinski definition) is 2. The minimum Gasteiger partial charge on any atom is -0.481 e. The predicted octanol–water partition coefficient (Wildman–Crippen LogP) is 2.93. The quantitative estimate of drug-likeness (QED) is 0.929. The number of amides is 1. The fraction of sp³-hybridized carbons (Fsp3) is 0.600. The van der Waals surface area contributed by atoms with Gasteiger partial charge >= 0.3 is 5.97 Å². The lowest BCUT2D eigenvalue weighted by Gasteiger charge is -2.43. The summed E-state index contributed by atoms with van der Waals surface area (Å²) in [5, 5.41) is 9.73. The zero-order chi connectivity index (χ0) is 15.6. The molecule has 0 bridgehead atoms. The number of aromatic nitrogens is 1. The number of rotatable bonds is 4. The summed E-state index contributed by atoms with van der Waals surface area (Å²) in [7, 11) is 3.47. The lowest BCUT2D eigenvalue weighted by Crippen LogP contribution is -2.52. The van der Waals surface area contributed by atoms with E-state index in [2.05, 4.69) is 0 Å². The van der Waals surface area contributed by atoms with Gasteiger partial charge in [-0.1, -0.05) is 30.9 Å². The monoisotopic (exact) mass is 312 g/mol. The molecule has 0 atom stereocenters. The first-order chi connectivity index (χ1) is 9.85. The van der Waals surface area contributed by atoms with Crippen LogP contribution in [0.2, 0.25) is 5.02 Å². The van der Waals surface area contributed by atoms with Gasteiger partial charge in [0.15, 0.2) is 0 Å². The van der Waals surface area contributed by atoms with Crippen LogP contribution in [0.3, 0.4) is 0 Å². The SMILES string of the molecule is CN(C(=O)c1cc(Cl)cn1C)C1(CC(=O)O)CCCCC1. The average Bonchev–Trinajstić information content (AvgIpc) is 2.76. The molecule has 0 saturated heterocycles. The van der Waals surface area contributed by atoms with Crippen molar-refractivity contribution in [1.82, 2.24) is 9.47 Å². The first-order valence-electron chi connectivity index (χ1n) is 7.17. The van der Waals surface area contributed by atoms with E-state index in [1.165, 1.54) is 0 Å². The van der Waals surface area contributed by atoms with Crippen LogP contribution in [0.5, 0.6) is 0 Å². The van der Waals surface area contributed by atoms with Crippen molar-refractivity contribution in [2.45, 2.75) is 44.1 Å². The van der Waals surface area contributed by atoms with E-state index >= 15 is 0 Å². The standard InChI is InChI=1S/C15H21ClN2O3/c1-17-10-11(16)8-12(17)14(21)18(2)15(9-13(19)20)6-4-3-5-7-15/h8,10H,3-7,9H2,1-2H3,(H,19,20). The van der Waals surface area contributed by atoms with Gasteiger partial charge in [0.2, 0.25) is 0 Å². The van der Waals surface area contributed by atoms with Gasteiger partial charge in [0.25, 0.3) is 5.91 Å². The summed E-state index contributed by atoms with van der Waals surface area (Å²) in [6.45, 7) is 0. The highest BCUT2D eigenvalue weighted by molar-refractivity contribution is 6.31. The summed E-state index contributed by atoms with van der Waals surface area (Å²) >= 11 is 5.93. The van der Waals surface area contributed by atoms with E-state index in [0.29, 0.717) is 10.7 Å². The van der Waals surface area contributed by atoms with Crippen LogP contribution in [0.4, 0.5) is 0 Å². The van der Waals surface area contributed by atoms with Gasteiger partial charge in [0.1, 0.15) is 5.69 Å². The fourth-order valence-electron chi connectivity index (χ4n) is 3.25. The number of nitrogens with zero attached hydrogens (tertiary/aromatic N) is 2. The molecule has 1 N–H and O–H groups in total. The Balaban J connectivity index is 2.29. The van der Waals surface area contributed by atoms with Crippen LogP contribution in [0, 0.1) is 0 Å². The Kier molecular flexibility index (Phi) is 4.61. The highest BCUT2D eigenvalue weighted by atomic mass is 35.5. The Morgan fingerprint density at radius 1 is 1.38 bits per heavy atom. The number of hydrogen-bond donors (Lipinski definition) is 1. The second-order valence-electron chi connectivity index (χ2n) is 5.87. The van der Waals surface area contributed by atoms with Crippen LogP contribution in [0.25, 0.3) is 0 Å². The van der Waals surface area contributed by atoms with E-state index < -0.39 is 11.5 Å². The average molecular weight is 313 g/mol. The predicted molar refractivity (Wildman–Crippen MR) is 80.6 cm³/mol. The zero-order valence-electron chi connectivity index (χ0n) is 12.4. The Bertz CT molecular complexity index is 547. The molecule has 1 aliphatic rings. The fourth-order valence-corrected chi connectivity index (χ4v) is 3.50. The third kappa shape index (κ3) is 3.23. The van der Waals surface area contributed by atoms with Gasteiger partial charge < -0.3 is 14.6 Å². The summed E-state index contributed by atoms with van der Waals surface area (Å²) in [6.07, 6.45) is 6.15. The topological polar surface area (TPSA) is 62.5 Å². The molecule has 1 amide bonds. The van der Waals surface area contributed by atoms with E-state index in [1.54, 1.807) is 35.8 Å². The molecule has 21 heavy (non-hydrogen) atoms. The molecule has 0 radical (unpaired) electrons. The molecule has 1 aromatic heterocycles. The smallest absolute Gasteiger partial charge is 0.305 e. The van der Waals surface area contributed by atoms with Crippen LogP contribution < -0.4 is 0 Å². The van der Waals surface area contributed by atoms with Crippen molar-refractivity contribution in [2.75, 3.05) is 7.05 Å². The number of aryl methyl sites for hydroxylation is 1. The van der Waals surface area contributed by atoms with Crippen LogP contribution in [0.15, 0.2) is 12.3 Å². The number of carboxylic acid groups (broad SMARTS) is 1. The Morgan fingerprint density at radius 2 is 2.00 bits per heavy atom. The summed E-state index contributed by atoms with van der Waals surface area (Å²) in [6, 6.07) is 1.62. The van der Waals surface area contributed by atoms with E-state index in [9.17, 15) is 14.7 Å². The summed E-state index contributed by atoms with van der Waals surface area (Å²) < 4.78 is 1.68. The Labute approximate surface area is 129 Å². The second-order valence-corrected chi connectivity index (χ2v) is 6.31. The lowest BCUT2D eigenvalue weighted by atomic mass is 9.78. The molecule has 5 nitrogen and oxygen atoms in total. The number of carboxylic acids is 1. The molecular weight excluding hydrogens is 292 g/mol. The normalized spacial score (nSPS) is 17.5. The number of halogens is 1. The molecule has 1 heterocycles. The van der Waals surface area contributed by atoms with Crippen LogP contribution in [-0.2, 0) is 11.8 Å². The lowest BCUT2D eigenvalue weighted by molar-refractivity contribution is -0.140. The first kappa shape index (κ1) is 15.9. The molecule has 0 unspecified atom stereocenters. The van der Waals surface area contributed by atoms with Crippen LogP contribution in [0.1, 0.15) is 49.0 Å². The van der Waals surface area contributed by atoms with Gasteiger partial charge in [-0.05, 0) is 18.9 Å². The summed E-state index contributed by atoms with van der Waals surface area (Å²) in [4.78, 5) is 25.6. The van der Waals surface area contributed by atoms with Gasteiger partial charge in [0.05, 0.1) is 17.0 Å². The minimum atomic E-state index is -0.860. The van der Waals surface area contributed by atoms with Crippen molar-refractivity contribution < 1.29 is 14.7 Å². The van der Waals surface area contributed by atoms with E-state index in [0.717, 1.165) is 32.1 Å². The van der Waals surface area contributed by atoms with Crippen LogP contribution in [-0.4, -0.2) is 39.0 Å². The number of aliphatic carboxylic acids is 1. The maximum atomic E-state index is 12.7. The van der Waals surface area contributed by atoms with E-state index in [-0.39, 0.29) is 12.3 Å². The second kappa shape index (κ2) is 6.10. The van der Waals surface area contributed by atoms with E-state index in [4.69, 9.17) is 11.6 Å². The molecule has 1 fully saturated rings. The molecular formula is C15H21ClN2O3. The van der Waals surface area contributed by atoms with Crippen molar-refractivity contribution in [3.05, 3.63) is 23.0 Å². The molecule has 1 aliphatic carbocycles. The Morgan fingerprint density at radius 3 is 2.48 bits per heavy atom. The maximum absolute atomic E-state index is 12.7. The third-order valence-electron chi connectivity index (χ3n) is 4.47. The number of carbonyl (C=O) groups excluding carboxylic acids is 1. The van der Waals surface area contributed by atoms with Crippen LogP contribution >= 0.6 is 11.6 Å². The molecule has 0 spiro atoms. The van der Waals surface area contributed by atoms with E-state index in [1.807, 2.05) is 0 Å².